The average molecular weight is 322 g/mol. The number of hydrogen-bond acceptors (Lipinski definition) is 3. The number of likely N-dealkylation sites (tertiary alicyclic amines) is 1. The molecule has 24 heavy (non-hydrogen) atoms. The highest BCUT2D eigenvalue weighted by atomic mass is 16.5. The molecule has 0 aromatic heterocycles. The number of carbonyl (C=O) groups excluding carboxylic acids is 1. The standard InChI is InChI=1S/C20H22N2O2/c1-24-19-9-5-4-8-18(19)20(23)22-13-17(14-22)21-11-10-15-6-2-3-7-16(15)12-21/h2-9,17H,10-14H2,1H3. The summed E-state index contributed by atoms with van der Waals surface area (Å²) in [5, 5.41) is 0. The summed E-state index contributed by atoms with van der Waals surface area (Å²) in [6, 6.07) is 16.6. The summed E-state index contributed by atoms with van der Waals surface area (Å²) in [5.41, 5.74) is 3.55. The minimum atomic E-state index is 0.0705. The van der Waals surface area contributed by atoms with Gasteiger partial charge in [-0.25, -0.2) is 0 Å². The van der Waals surface area contributed by atoms with Crippen molar-refractivity contribution in [3.63, 3.8) is 0 Å². The van der Waals surface area contributed by atoms with Gasteiger partial charge in [-0.1, -0.05) is 36.4 Å². The normalized spacial score (nSPS) is 18.0. The summed E-state index contributed by atoms with van der Waals surface area (Å²) in [7, 11) is 1.61. The third-order valence-corrected chi connectivity index (χ3v) is 5.16. The molecule has 0 atom stereocenters. The van der Waals surface area contributed by atoms with Crippen molar-refractivity contribution in [3.05, 3.63) is 65.2 Å². The van der Waals surface area contributed by atoms with Gasteiger partial charge >= 0.3 is 0 Å². The lowest BCUT2D eigenvalue weighted by atomic mass is 9.96. The van der Waals surface area contributed by atoms with Gasteiger partial charge in [-0.15, -0.1) is 0 Å². The molecule has 2 aromatic rings. The number of rotatable bonds is 3. The molecule has 4 heteroatoms. The number of methoxy groups -OCH3 is 1. The maximum absolute atomic E-state index is 12.7. The molecule has 2 aliphatic rings. The summed E-state index contributed by atoms with van der Waals surface area (Å²) in [6.07, 6.45) is 1.10. The lowest BCUT2D eigenvalue weighted by Crippen LogP contribution is -2.61. The minimum Gasteiger partial charge on any atom is -0.496 e. The Bertz CT molecular complexity index is 753. The zero-order valence-corrected chi connectivity index (χ0v) is 13.9. The quantitative estimate of drug-likeness (QED) is 0.871. The molecular formula is C20H22N2O2. The predicted molar refractivity (Wildman–Crippen MR) is 93.2 cm³/mol. The van der Waals surface area contributed by atoms with E-state index in [0.717, 1.165) is 32.6 Å². The van der Waals surface area contributed by atoms with Crippen molar-refractivity contribution < 1.29 is 9.53 Å². The molecule has 2 aromatic carbocycles. The number of benzene rings is 2. The summed E-state index contributed by atoms with van der Waals surface area (Å²) in [6.45, 7) is 3.69. The molecule has 4 nitrogen and oxygen atoms in total. The van der Waals surface area contributed by atoms with E-state index in [1.54, 1.807) is 7.11 Å². The van der Waals surface area contributed by atoms with Gasteiger partial charge in [0.1, 0.15) is 5.75 Å². The van der Waals surface area contributed by atoms with Gasteiger partial charge < -0.3 is 9.64 Å². The zero-order valence-electron chi connectivity index (χ0n) is 13.9. The van der Waals surface area contributed by atoms with Crippen LogP contribution in [0.3, 0.4) is 0 Å². The monoisotopic (exact) mass is 322 g/mol. The highest BCUT2D eigenvalue weighted by molar-refractivity contribution is 5.97. The third kappa shape index (κ3) is 2.67. The van der Waals surface area contributed by atoms with Crippen molar-refractivity contribution in [2.24, 2.45) is 0 Å². The summed E-state index contributed by atoms with van der Waals surface area (Å²) in [5.74, 6) is 0.721. The Hall–Kier alpha value is -2.33. The zero-order chi connectivity index (χ0) is 16.5. The van der Waals surface area contributed by atoms with Crippen molar-refractivity contribution >= 4 is 5.91 Å². The second-order valence-corrected chi connectivity index (χ2v) is 6.55. The molecule has 0 radical (unpaired) electrons. The molecule has 0 unspecified atom stereocenters. The van der Waals surface area contributed by atoms with Crippen molar-refractivity contribution in [3.8, 4) is 5.75 Å². The van der Waals surface area contributed by atoms with Crippen LogP contribution in [0.25, 0.3) is 0 Å². The van der Waals surface area contributed by atoms with Crippen molar-refractivity contribution in [1.82, 2.24) is 9.80 Å². The first-order valence-corrected chi connectivity index (χ1v) is 8.49. The Morgan fingerprint density at radius 2 is 1.75 bits per heavy atom. The summed E-state index contributed by atoms with van der Waals surface area (Å²) >= 11 is 0. The number of hydrogen-bond donors (Lipinski definition) is 0. The highest BCUT2D eigenvalue weighted by Crippen LogP contribution is 2.27. The van der Waals surface area contributed by atoms with Crippen LogP contribution in [-0.2, 0) is 13.0 Å². The van der Waals surface area contributed by atoms with E-state index < -0.39 is 0 Å². The molecule has 124 valence electrons. The summed E-state index contributed by atoms with van der Waals surface area (Å²) in [4.78, 5) is 17.1. The Morgan fingerprint density at radius 3 is 2.54 bits per heavy atom. The SMILES string of the molecule is COc1ccccc1C(=O)N1CC(N2CCc3ccccc3C2)C1. The number of carbonyl (C=O) groups is 1. The average Bonchev–Trinajstić information content (AvgIpc) is 2.60. The van der Waals surface area contributed by atoms with E-state index in [9.17, 15) is 4.79 Å². The smallest absolute Gasteiger partial charge is 0.257 e. The van der Waals surface area contributed by atoms with Gasteiger partial charge in [-0.05, 0) is 29.7 Å². The van der Waals surface area contributed by atoms with Crippen LogP contribution in [-0.4, -0.2) is 48.5 Å². The fourth-order valence-electron chi connectivity index (χ4n) is 3.67. The lowest BCUT2D eigenvalue weighted by Gasteiger charge is -2.47. The van der Waals surface area contributed by atoms with E-state index in [4.69, 9.17) is 4.74 Å². The number of amides is 1. The molecule has 1 saturated heterocycles. The van der Waals surface area contributed by atoms with Gasteiger partial charge in [0.15, 0.2) is 0 Å². The largest absolute Gasteiger partial charge is 0.496 e. The molecule has 1 amide bonds. The third-order valence-electron chi connectivity index (χ3n) is 5.16. The van der Waals surface area contributed by atoms with Crippen molar-refractivity contribution in [1.29, 1.82) is 0 Å². The molecular weight excluding hydrogens is 300 g/mol. The van der Waals surface area contributed by atoms with E-state index in [1.807, 2.05) is 29.2 Å². The van der Waals surface area contributed by atoms with Gasteiger partial charge in [0.25, 0.3) is 5.91 Å². The van der Waals surface area contributed by atoms with E-state index in [0.29, 0.717) is 17.4 Å². The predicted octanol–water partition coefficient (Wildman–Crippen LogP) is 2.58. The Labute approximate surface area is 142 Å². The molecule has 0 bridgehead atoms. The first kappa shape index (κ1) is 15.2. The number of fused-ring (bicyclic) bond motifs is 1. The fourth-order valence-corrected chi connectivity index (χ4v) is 3.67. The second kappa shape index (κ2) is 6.29. The fraction of sp³-hybridized carbons (Fsp3) is 0.350. The van der Waals surface area contributed by atoms with Crippen LogP contribution < -0.4 is 4.74 Å². The van der Waals surface area contributed by atoms with E-state index in [1.165, 1.54) is 11.1 Å². The number of para-hydroxylation sites is 1. The summed E-state index contributed by atoms with van der Waals surface area (Å²) < 4.78 is 5.31. The van der Waals surface area contributed by atoms with Crippen LogP contribution in [0.5, 0.6) is 5.75 Å². The Morgan fingerprint density at radius 1 is 1.04 bits per heavy atom. The van der Waals surface area contributed by atoms with E-state index in [-0.39, 0.29) is 5.91 Å². The van der Waals surface area contributed by atoms with Gasteiger partial charge in [-0.3, -0.25) is 9.69 Å². The first-order valence-electron chi connectivity index (χ1n) is 8.49. The molecule has 0 N–H and O–H groups in total. The molecule has 2 heterocycles. The lowest BCUT2D eigenvalue weighted by molar-refractivity contribution is 0.0216. The topological polar surface area (TPSA) is 32.8 Å². The van der Waals surface area contributed by atoms with Gasteiger partial charge in [0.05, 0.1) is 12.7 Å². The minimum absolute atomic E-state index is 0.0705. The van der Waals surface area contributed by atoms with Gasteiger partial charge in [-0.2, -0.15) is 0 Å². The van der Waals surface area contributed by atoms with Crippen LogP contribution in [0.15, 0.2) is 48.5 Å². The van der Waals surface area contributed by atoms with Gasteiger partial charge in [0.2, 0.25) is 0 Å². The van der Waals surface area contributed by atoms with Crippen LogP contribution in [0.1, 0.15) is 21.5 Å². The maximum Gasteiger partial charge on any atom is 0.257 e. The van der Waals surface area contributed by atoms with Gasteiger partial charge in [0, 0.05) is 32.2 Å². The Kier molecular flexibility index (Phi) is 3.98. The molecule has 0 saturated carbocycles. The van der Waals surface area contributed by atoms with Crippen LogP contribution in [0.2, 0.25) is 0 Å². The van der Waals surface area contributed by atoms with Crippen molar-refractivity contribution in [2.75, 3.05) is 26.7 Å². The molecule has 0 spiro atoms. The van der Waals surface area contributed by atoms with Crippen LogP contribution in [0, 0.1) is 0 Å². The molecule has 2 aliphatic heterocycles. The van der Waals surface area contributed by atoms with Crippen LogP contribution >= 0.6 is 0 Å². The molecule has 0 aliphatic carbocycles. The number of ether oxygens (including phenoxy) is 1. The number of nitrogens with zero attached hydrogens (tertiary/aromatic N) is 2. The molecule has 4 rings (SSSR count). The maximum atomic E-state index is 12.7. The second-order valence-electron chi connectivity index (χ2n) is 6.55. The Balaban J connectivity index is 1.39. The molecule has 1 fully saturated rings. The van der Waals surface area contributed by atoms with E-state index in [2.05, 4.69) is 29.2 Å². The van der Waals surface area contributed by atoms with Crippen molar-refractivity contribution in [2.45, 2.75) is 19.0 Å². The first-order chi connectivity index (χ1) is 11.8. The van der Waals surface area contributed by atoms with E-state index >= 15 is 0 Å². The highest BCUT2D eigenvalue weighted by Gasteiger charge is 2.36. The van der Waals surface area contributed by atoms with Crippen LogP contribution in [0.4, 0.5) is 0 Å².